The van der Waals surface area contributed by atoms with Crippen LogP contribution in [-0.4, -0.2) is 29.2 Å². The number of carbonyl (C=O) groups excluding carboxylic acids is 1. The van der Waals surface area contributed by atoms with Gasteiger partial charge >= 0.3 is 0 Å². The molecule has 0 atom stereocenters. The summed E-state index contributed by atoms with van der Waals surface area (Å²) in [4.78, 5) is 12.1. The average Bonchev–Trinajstić information content (AvgIpc) is 2.62. The van der Waals surface area contributed by atoms with Gasteiger partial charge in [-0.1, -0.05) is 25.7 Å². The molecule has 4 heteroatoms. The predicted molar refractivity (Wildman–Crippen MR) is 75.6 cm³/mol. The van der Waals surface area contributed by atoms with E-state index in [4.69, 9.17) is 5.73 Å². The molecule has 0 bridgehead atoms. The lowest BCUT2D eigenvalue weighted by molar-refractivity contribution is -0.127. The first kappa shape index (κ1) is 14.8. The SMILES string of the molecule is NC1CCC(C(=O)NCC2(O)CCCCCC2)CC1. The number of nitrogens with two attached hydrogens (primary N) is 1. The zero-order valence-electron chi connectivity index (χ0n) is 11.9. The maximum absolute atomic E-state index is 12.1. The normalized spacial score (nSPS) is 31.5. The van der Waals surface area contributed by atoms with E-state index in [2.05, 4.69) is 5.32 Å². The van der Waals surface area contributed by atoms with E-state index in [1.807, 2.05) is 0 Å². The van der Waals surface area contributed by atoms with E-state index in [9.17, 15) is 9.90 Å². The summed E-state index contributed by atoms with van der Waals surface area (Å²) < 4.78 is 0. The zero-order chi connectivity index (χ0) is 13.7. The molecule has 0 saturated heterocycles. The molecule has 0 radical (unpaired) electrons. The maximum atomic E-state index is 12.1. The minimum Gasteiger partial charge on any atom is -0.388 e. The fraction of sp³-hybridized carbons (Fsp3) is 0.933. The molecule has 0 unspecified atom stereocenters. The Bertz CT molecular complexity index is 291. The van der Waals surface area contributed by atoms with Crippen molar-refractivity contribution in [3.8, 4) is 0 Å². The van der Waals surface area contributed by atoms with Gasteiger partial charge in [-0.15, -0.1) is 0 Å². The molecule has 0 spiro atoms. The zero-order valence-corrected chi connectivity index (χ0v) is 11.9. The quantitative estimate of drug-likeness (QED) is 0.682. The molecule has 2 rings (SSSR count). The third kappa shape index (κ3) is 4.46. The Hall–Kier alpha value is -0.610. The fourth-order valence-corrected chi connectivity index (χ4v) is 3.34. The molecule has 2 aliphatic rings. The number of carbonyl (C=O) groups is 1. The number of nitrogens with one attached hydrogen (secondary N) is 1. The second-order valence-corrected chi connectivity index (χ2v) is 6.47. The van der Waals surface area contributed by atoms with E-state index in [1.165, 1.54) is 12.8 Å². The van der Waals surface area contributed by atoms with Crippen molar-refractivity contribution in [2.24, 2.45) is 11.7 Å². The van der Waals surface area contributed by atoms with Crippen LogP contribution < -0.4 is 11.1 Å². The van der Waals surface area contributed by atoms with E-state index in [0.717, 1.165) is 51.4 Å². The average molecular weight is 268 g/mol. The van der Waals surface area contributed by atoms with Crippen LogP contribution in [0.1, 0.15) is 64.2 Å². The van der Waals surface area contributed by atoms with Crippen LogP contribution in [0.2, 0.25) is 0 Å². The Labute approximate surface area is 116 Å². The third-order valence-electron chi connectivity index (χ3n) is 4.77. The van der Waals surface area contributed by atoms with Gasteiger partial charge in [0.05, 0.1) is 5.60 Å². The van der Waals surface area contributed by atoms with E-state index >= 15 is 0 Å². The van der Waals surface area contributed by atoms with Crippen molar-refractivity contribution in [2.45, 2.75) is 75.9 Å². The van der Waals surface area contributed by atoms with Gasteiger partial charge in [-0.3, -0.25) is 4.79 Å². The molecule has 4 nitrogen and oxygen atoms in total. The molecule has 110 valence electrons. The van der Waals surface area contributed by atoms with Crippen molar-refractivity contribution in [1.82, 2.24) is 5.32 Å². The highest BCUT2D eigenvalue weighted by molar-refractivity contribution is 5.78. The lowest BCUT2D eigenvalue weighted by atomic mass is 9.85. The second-order valence-electron chi connectivity index (χ2n) is 6.47. The van der Waals surface area contributed by atoms with Gasteiger partial charge in [0.25, 0.3) is 0 Å². The van der Waals surface area contributed by atoms with Crippen molar-refractivity contribution in [2.75, 3.05) is 6.54 Å². The fourth-order valence-electron chi connectivity index (χ4n) is 3.34. The molecule has 1 amide bonds. The van der Waals surface area contributed by atoms with Crippen LogP contribution >= 0.6 is 0 Å². The molecule has 0 aliphatic heterocycles. The van der Waals surface area contributed by atoms with Crippen LogP contribution in [0.4, 0.5) is 0 Å². The highest BCUT2D eigenvalue weighted by atomic mass is 16.3. The third-order valence-corrected chi connectivity index (χ3v) is 4.77. The van der Waals surface area contributed by atoms with Crippen LogP contribution in [0.3, 0.4) is 0 Å². The molecule has 2 saturated carbocycles. The molecule has 0 heterocycles. The van der Waals surface area contributed by atoms with Crippen LogP contribution in [-0.2, 0) is 4.79 Å². The van der Waals surface area contributed by atoms with Crippen LogP contribution in [0, 0.1) is 5.92 Å². The minimum atomic E-state index is -0.669. The number of amides is 1. The van der Waals surface area contributed by atoms with E-state index in [0.29, 0.717) is 6.54 Å². The van der Waals surface area contributed by atoms with E-state index in [-0.39, 0.29) is 17.9 Å². The Morgan fingerprint density at radius 2 is 1.68 bits per heavy atom. The lowest BCUT2D eigenvalue weighted by Crippen LogP contribution is -2.45. The second kappa shape index (κ2) is 6.71. The highest BCUT2D eigenvalue weighted by Gasteiger charge is 2.30. The van der Waals surface area contributed by atoms with E-state index < -0.39 is 5.60 Å². The Morgan fingerprint density at radius 3 is 2.26 bits per heavy atom. The first-order valence-corrected chi connectivity index (χ1v) is 7.85. The van der Waals surface area contributed by atoms with E-state index in [1.54, 1.807) is 0 Å². The summed E-state index contributed by atoms with van der Waals surface area (Å²) in [6.07, 6.45) is 9.88. The lowest BCUT2D eigenvalue weighted by Gasteiger charge is -2.29. The Kier molecular flexibility index (Phi) is 5.22. The molecule has 2 fully saturated rings. The minimum absolute atomic E-state index is 0.106. The van der Waals surface area contributed by atoms with Gasteiger partial charge in [-0.05, 0) is 38.5 Å². The maximum Gasteiger partial charge on any atom is 0.223 e. The van der Waals surface area contributed by atoms with Gasteiger partial charge in [0.2, 0.25) is 5.91 Å². The molecule has 0 aromatic rings. The standard InChI is InChI=1S/C15H28N2O2/c16-13-7-5-12(6-8-13)14(18)17-11-15(19)9-3-1-2-4-10-15/h12-13,19H,1-11,16H2,(H,17,18). The van der Waals surface area contributed by atoms with Crippen LogP contribution in [0.15, 0.2) is 0 Å². The summed E-state index contributed by atoms with van der Waals surface area (Å²) in [5.41, 5.74) is 5.19. The van der Waals surface area contributed by atoms with Gasteiger partial charge in [0.1, 0.15) is 0 Å². The summed E-state index contributed by atoms with van der Waals surface area (Å²) in [6, 6.07) is 0.273. The smallest absolute Gasteiger partial charge is 0.223 e. The number of hydrogen-bond acceptors (Lipinski definition) is 3. The molecule has 0 aromatic carbocycles. The molecular formula is C15H28N2O2. The summed E-state index contributed by atoms with van der Waals surface area (Å²) in [5.74, 6) is 0.221. The number of aliphatic hydroxyl groups is 1. The van der Waals surface area contributed by atoms with Gasteiger partial charge in [0.15, 0.2) is 0 Å². The van der Waals surface area contributed by atoms with Gasteiger partial charge in [-0.2, -0.15) is 0 Å². The molecule has 0 aromatic heterocycles. The Balaban J connectivity index is 1.76. The van der Waals surface area contributed by atoms with Crippen molar-refractivity contribution < 1.29 is 9.90 Å². The molecule has 2 aliphatic carbocycles. The molecular weight excluding hydrogens is 240 g/mol. The first-order valence-electron chi connectivity index (χ1n) is 7.85. The molecule has 19 heavy (non-hydrogen) atoms. The Morgan fingerprint density at radius 1 is 1.11 bits per heavy atom. The summed E-state index contributed by atoms with van der Waals surface area (Å²) in [7, 11) is 0. The van der Waals surface area contributed by atoms with Crippen molar-refractivity contribution in [3.63, 3.8) is 0 Å². The van der Waals surface area contributed by atoms with Crippen molar-refractivity contribution in [3.05, 3.63) is 0 Å². The number of rotatable bonds is 3. The van der Waals surface area contributed by atoms with Crippen molar-refractivity contribution >= 4 is 5.91 Å². The van der Waals surface area contributed by atoms with Crippen LogP contribution in [0.5, 0.6) is 0 Å². The molecule has 4 N–H and O–H groups in total. The highest BCUT2D eigenvalue weighted by Crippen LogP contribution is 2.27. The predicted octanol–water partition coefficient (Wildman–Crippen LogP) is 1.71. The summed E-state index contributed by atoms with van der Waals surface area (Å²) in [6.45, 7) is 0.425. The largest absolute Gasteiger partial charge is 0.388 e. The monoisotopic (exact) mass is 268 g/mol. The van der Waals surface area contributed by atoms with Crippen molar-refractivity contribution in [1.29, 1.82) is 0 Å². The summed E-state index contributed by atoms with van der Waals surface area (Å²) in [5, 5.41) is 13.5. The van der Waals surface area contributed by atoms with Gasteiger partial charge < -0.3 is 16.2 Å². The van der Waals surface area contributed by atoms with Gasteiger partial charge in [-0.25, -0.2) is 0 Å². The van der Waals surface area contributed by atoms with Gasteiger partial charge in [0, 0.05) is 18.5 Å². The summed E-state index contributed by atoms with van der Waals surface area (Å²) >= 11 is 0. The first-order chi connectivity index (χ1) is 9.09. The number of hydrogen-bond donors (Lipinski definition) is 3. The van der Waals surface area contributed by atoms with Crippen LogP contribution in [0.25, 0.3) is 0 Å². The topological polar surface area (TPSA) is 75.4 Å².